The first-order chi connectivity index (χ1) is 11.7. The van der Waals surface area contributed by atoms with E-state index in [4.69, 9.17) is 4.42 Å². The Morgan fingerprint density at radius 2 is 2.04 bits per heavy atom. The number of amides is 1. The Bertz CT molecular complexity index is 916. The SMILES string of the molecule is CNS(=O)(=O)NC(=O)c1coc(Nc2cc(C3(C)CC3)ccc2C)n1. The van der Waals surface area contributed by atoms with E-state index in [2.05, 4.69) is 29.4 Å². The van der Waals surface area contributed by atoms with Gasteiger partial charge in [0.1, 0.15) is 6.26 Å². The van der Waals surface area contributed by atoms with Gasteiger partial charge in [-0.3, -0.25) is 4.79 Å². The molecule has 134 valence electrons. The third-order valence-corrected chi connectivity index (χ3v) is 5.40. The summed E-state index contributed by atoms with van der Waals surface area (Å²) in [5, 5.41) is 3.04. The number of hydrogen-bond donors (Lipinski definition) is 3. The Morgan fingerprint density at radius 3 is 2.68 bits per heavy atom. The van der Waals surface area contributed by atoms with Crippen molar-refractivity contribution in [1.29, 1.82) is 0 Å². The molecule has 0 bridgehead atoms. The van der Waals surface area contributed by atoms with Crippen molar-refractivity contribution in [2.75, 3.05) is 12.4 Å². The molecule has 1 aliphatic carbocycles. The molecular weight excluding hydrogens is 344 g/mol. The van der Waals surface area contributed by atoms with Gasteiger partial charge in [0.25, 0.3) is 11.9 Å². The molecule has 0 radical (unpaired) electrons. The fourth-order valence-electron chi connectivity index (χ4n) is 2.38. The largest absolute Gasteiger partial charge is 0.431 e. The summed E-state index contributed by atoms with van der Waals surface area (Å²) in [5.41, 5.74) is 3.18. The normalized spacial score (nSPS) is 15.6. The van der Waals surface area contributed by atoms with Crippen LogP contribution >= 0.6 is 0 Å². The molecule has 1 amide bonds. The summed E-state index contributed by atoms with van der Waals surface area (Å²) in [7, 11) is -2.69. The lowest BCUT2D eigenvalue weighted by molar-refractivity contribution is 0.0976. The molecule has 1 aromatic heterocycles. The van der Waals surface area contributed by atoms with Crippen LogP contribution in [0.25, 0.3) is 0 Å². The van der Waals surface area contributed by atoms with E-state index in [1.807, 2.05) is 22.4 Å². The highest BCUT2D eigenvalue weighted by Gasteiger charge is 2.39. The standard InChI is InChI=1S/C16H20N4O4S/c1-10-4-5-11(16(2)6-7-16)8-12(10)18-15-19-13(9-24-15)14(21)20-25(22,23)17-3/h4-5,8-9,17H,6-7H2,1-3H3,(H,18,19)(H,20,21). The highest BCUT2D eigenvalue weighted by atomic mass is 32.2. The summed E-state index contributed by atoms with van der Waals surface area (Å²) < 4.78 is 31.7. The smallest absolute Gasteiger partial charge is 0.301 e. The van der Waals surface area contributed by atoms with Crippen molar-refractivity contribution in [3.05, 3.63) is 41.3 Å². The van der Waals surface area contributed by atoms with Gasteiger partial charge < -0.3 is 9.73 Å². The second kappa shape index (κ2) is 6.16. The van der Waals surface area contributed by atoms with Gasteiger partial charge in [0.05, 0.1) is 0 Å². The highest BCUT2D eigenvalue weighted by molar-refractivity contribution is 7.88. The van der Waals surface area contributed by atoms with E-state index in [-0.39, 0.29) is 17.1 Å². The molecular formula is C16H20N4O4S. The van der Waals surface area contributed by atoms with Crippen molar-refractivity contribution in [3.8, 4) is 0 Å². The molecule has 1 saturated carbocycles. The molecule has 1 aromatic carbocycles. The van der Waals surface area contributed by atoms with Crippen molar-refractivity contribution in [3.63, 3.8) is 0 Å². The maximum Gasteiger partial charge on any atom is 0.301 e. The molecule has 9 heteroatoms. The maximum absolute atomic E-state index is 11.9. The monoisotopic (exact) mass is 364 g/mol. The summed E-state index contributed by atoms with van der Waals surface area (Å²) in [4.78, 5) is 15.9. The van der Waals surface area contributed by atoms with E-state index in [1.54, 1.807) is 0 Å². The number of aromatic nitrogens is 1. The van der Waals surface area contributed by atoms with Crippen LogP contribution in [-0.2, 0) is 15.6 Å². The number of oxazole rings is 1. The van der Waals surface area contributed by atoms with E-state index < -0.39 is 16.1 Å². The van der Waals surface area contributed by atoms with Crippen molar-refractivity contribution < 1.29 is 17.6 Å². The van der Waals surface area contributed by atoms with E-state index in [1.165, 1.54) is 25.5 Å². The van der Waals surface area contributed by atoms with Crippen LogP contribution in [0.2, 0.25) is 0 Å². The molecule has 2 aromatic rings. The topological polar surface area (TPSA) is 113 Å². The first kappa shape index (κ1) is 17.4. The summed E-state index contributed by atoms with van der Waals surface area (Å²) >= 11 is 0. The van der Waals surface area contributed by atoms with Crippen molar-refractivity contribution >= 4 is 27.8 Å². The minimum atomic E-state index is -3.89. The number of anilines is 2. The first-order valence-corrected chi connectivity index (χ1v) is 9.30. The van der Waals surface area contributed by atoms with Crippen LogP contribution in [0.3, 0.4) is 0 Å². The third kappa shape index (κ3) is 3.83. The fourth-order valence-corrected chi connectivity index (χ4v) is 2.83. The second-order valence-electron chi connectivity index (χ2n) is 6.39. The zero-order valence-electron chi connectivity index (χ0n) is 14.2. The zero-order valence-corrected chi connectivity index (χ0v) is 15.0. The lowest BCUT2D eigenvalue weighted by Gasteiger charge is -2.13. The molecule has 0 unspecified atom stereocenters. The number of carbonyl (C=O) groups excluding carboxylic acids is 1. The number of aryl methyl sites for hydroxylation is 1. The van der Waals surface area contributed by atoms with Crippen molar-refractivity contribution in [1.82, 2.24) is 14.4 Å². The van der Waals surface area contributed by atoms with Gasteiger partial charge >= 0.3 is 10.2 Å². The molecule has 1 aliphatic rings. The van der Waals surface area contributed by atoms with Crippen LogP contribution in [0, 0.1) is 6.92 Å². The van der Waals surface area contributed by atoms with Crippen LogP contribution < -0.4 is 14.8 Å². The van der Waals surface area contributed by atoms with E-state index in [0.29, 0.717) is 0 Å². The zero-order chi connectivity index (χ0) is 18.2. The molecule has 1 heterocycles. The number of nitrogens with zero attached hydrogens (tertiary/aromatic N) is 1. The van der Waals surface area contributed by atoms with Gasteiger partial charge in [-0.1, -0.05) is 19.1 Å². The van der Waals surface area contributed by atoms with E-state index in [0.717, 1.165) is 17.5 Å². The summed E-state index contributed by atoms with van der Waals surface area (Å²) in [6.07, 6.45) is 3.43. The Morgan fingerprint density at radius 1 is 1.32 bits per heavy atom. The van der Waals surface area contributed by atoms with Gasteiger partial charge in [-0.15, -0.1) is 0 Å². The minimum Gasteiger partial charge on any atom is -0.431 e. The van der Waals surface area contributed by atoms with E-state index in [9.17, 15) is 13.2 Å². The first-order valence-electron chi connectivity index (χ1n) is 7.82. The maximum atomic E-state index is 11.9. The van der Waals surface area contributed by atoms with Gasteiger partial charge in [0, 0.05) is 12.7 Å². The number of carbonyl (C=O) groups is 1. The molecule has 0 saturated heterocycles. The molecule has 1 fully saturated rings. The Kier molecular flexibility index (Phi) is 4.29. The highest BCUT2D eigenvalue weighted by Crippen LogP contribution is 2.48. The minimum absolute atomic E-state index is 0.119. The summed E-state index contributed by atoms with van der Waals surface area (Å²) in [5.74, 6) is -0.873. The van der Waals surface area contributed by atoms with Gasteiger partial charge in [-0.2, -0.15) is 13.4 Å². The third-order valence-electron chi connectivity index (χ3n) is 4.41. The van der Waals surface area contributed by atoms with Crippen LogP contribution in [0.5, 0.6) is 0 Å². The quantitative estimate of drug-likeness (QED) is 0.722. The van der Waals surface area contributed by atoms with Crippen molar-refractivity contribution in [2.24, 2.45) is 0 Å². The Hall–Kier alpha value is -2.39. The van der Waals surface area contributed by atoms with Crippen LogP contribution in [0.4, 0.5) is 11.7 Å². The lowest BCUT2D eigenvalue weighted by atomic mass is 9.96. The molecule has 3 rings (SSSR count). The Labute approximate surface area is 146 Å². The fraction of sp³-hybridized carbons (Fsp3) is 0.375. The predicted molar refractivity (Wildman–Crippen MR) is 93.0 cm³/mol. The molecule has 25 heavy (non-hydrogen) atoms. The number of nitrogens with one attached hydrogen (secondary N) is 3. The number of benzene rings is 1. The molecule has 0 spiro atoms. The summed E-state index contributed by atoms with van der Waals surface area (Å²) in [6.45, 7) is 4.18. The number of rotatable bonds is 6. The Balaban J connectivity index is 1.77. The van der Waals surface area contributed by atoms with Gasteiger partial charge in [-0.25, -0.2) is 9.44 Å². The van der Waals surface area contributed by atoms with E-state index >= 15 is 0 Å². The summed E-state index contributed by atoms with van der Waals surface area (Å²) in [6, 6.07) is 6.31. The van der Waals surface area contributed by atoms with Crippen LogP contribution in [0.15, 0.2) is 28.9 Å². The molecule has 8 nitrogen and oxygen atoms in total. The predicted octanol–water partition coefficient (Wildman–Crippen LogP) is 1.97. The molecule has 0 atom stereocenters. The van der Waals surface area contributed by atoms with Crippen LogP contribution in [-0.4, -0.2) is 26.4 Å². The lowest BCUT2D eigenvalue weighted by Crippen LogP contribution is -2.38. The second-order valence-corrected chi connectivity index (χ2v) is 8.01. The average Bonchev–Trinajstić information content (AvgIpc) is 3.13. The van der Waals surface area contributed by atoms with Gasteiger partial charge in [0.15, 0.2) is 5.69 Å². The van der Waals surface area contributed by atoms with Gasteiger partial charge in [-0.05, 0) is 42.4 Å². The number of hydrogen-bond acceptors (Lipinski definition) is 6. The molecule has 3 N–H and O–H groups in total. The molecule has 0 aliphatic heterocycles. The van der Waals surface area contributed by atoms with Gasteiger partial charge in [0.2, 0.25) is 0 Å². The van der Waals surface area contributed by atoms with Crippen molar-refractivity contribution in [2.45, 2.75) is 32.1 Å². The van der Waals surface area contributed by atoms with Crippen LogP contribution in [0.1, 0.15) is 41.4 Å². The average molecular weight is 364 g/mol.